The second-order valence-electron chi connectivity index (χ2n) is 2.64. The summed E-state index contributed by atoms with van der Waals surface area (Å²) in [6.45, 7) is 4.98. The van der Waals surface area contributed by atoms with E-state index < -0.39 is 0 Å². The molecule has 72 valence electrons. The number of rotatable bonds is 5. The normalized spacial score (nSPS) is 10.0. The number of anilines is 1. The van der Waals surface area contributed by atoms with Gasteiger partial charge in [0.25, 0.3) is 0 Å². The fourth-order valence-corrected chi connectivity index (χ4v) is 1.17. The Morgan fingerprint density at radius 1 is 1.38 bits per heavy atom. The molecule has 0 unspecified atom stereocenters. The van der Waals surface area contributed by atoms with Crippen LogP contribution in [-0.4, -0.2) is 24.6 Å². The predicted octanol–water partition coefficient (Wildman–Crippen LogP) is 1.87. The second-order valence-corrected chi connectivity index (χ2v) is 3.56. The lowest BCUT2D eigenvalue weighted by Gasteiger charge is -2.05. The van der Waals surface area contributed by atoms with E-state index in [4.69, 9.17) is 0 Å². The van der Waals surface area contributed by atoms with Gasteiger partial charge >= 0.3 is 0 Å². The summed E-state index contributed by atoms with van der Waals surface area (Å²) >= 11 is 3.34. The second kappa shape index (κ2) is 5.94. The van der Waals surface area contributed by atoms with E-state index in [0.29, 0.717) is 0 Å². The van der Waals surface area contributed by atoms with Crippen LogP contribution in [0.5, 0.6) is 0 Å². The van der Waals surface area contributed by atoms with Crippen LogP contribution in [0.4, 0.5) is 5.82 Å². The molecule has 0 saturated heterocycles. The summed E-state index contributed by atoms with van der Waals surface area (Å²) in [6.07, 6.45) is 1.79. The van der Waals surface area contributed by atoms with Crippen LogP contribution < -0.4 is 10.6 Å². The number of aromatic nitrogens is 1. The zero-order valence-corrected chi connectivity index (χ0v) is 9.26. The largest absolute Gasteiger partial charge is 0.369 e. The lowest BCUT2D eigenvalue weighted by molar-refractivity contribution is 0.738. The van der Waals surface area contributed by atoms with Crippen LogP contribution in [-0.2, 0) is 0 Å². The summed E-state index contributed by atoms with van der Waals surface area (Å²) < 4.78 is 1.00. The molecule has 0 atom stereocenters. The Hall–Kier alpha value is -0.610. The van der Waals surface area contributed by atoms with Gasteiger partial charge in [-0.05, 0) is 34.6 Å². The number of likely N-dealkylation sites (N-methyl/N-ethyl adjacent to an activating group) is 1. The van der Waals surface area contributed by atoms with Gasteiger partial charge in [0, 0.05) is 23.8 Å². The Labute approximate surface area is 87.1 Å². The van der Waals surface area contributed by atoms with Gasteiger partial charge in [-0.1, -0.05) is 6.92 Å². The summed E-state index contributed by atoms with van der Waals surface area (Å²) in [4.78, 5) is 4.19. The molecule has 2 N–H and O–H groups in total. The fraction of sp³-hybridized carbons (Fsp3) is 0.444. The topological polar surface area (TPSA) is 37.0 Å². The SMILES string of the molecule is CCNCCNc1ccc(Br)cn1. The molecule has 1 rings (SSSR count). The van der Waals surface area contributed by atoms with E-state index in [-0.39, 0.29) is 0 Å². The van der Waals surface area contributed by atoms with Crippen molar-refractivity contribution in [1.82, 2.24) is 10.3 Å². The quantitative estimate of drug-likeness (QED) is 0.776. The van der Waals surface area contributed by atoms with Crippen LogP contribution in [0.3, 0.4) is 0 Å². The highest BCUT2D eigenvalue weighted by Crippen LogP contribution is 2.09. The van der Waals surface area contributed by atoms with E-state index in [1.807, 2.05) is 12.1 Å². The maximum Gasteiger partial charge on any atom is 0.126 e. The number of pyridine rings is 1. The molecule has 4 heteroatoms. The highest BCUT2D eigenvalue weighted by atomic mass is 79.9. The van der Waals surface area contributed by atoms with E-state index in [1.165, 1.54) is 0 Å². The molecule has 0 aliphatic carbocycles. The molecule has 0 aliphatic rings. The van der Waals surface area contributed by atoms with Crippen molar-refractivity contribution in [3.8, 4) is 0 Å². The molecular formula is C9H14BrN3. The van der Waals surface area contributed by atoms with E-state index in [9.17, 15) is 0 Å². The zero-order valence-electron chi connectivity index (χ0n) is 7.68. The van der Waals surface area contributed by atoms with Gasteiger partial charge in [0.15, 0.2) is 0 Å². The fourth-order valence-electron chi connectivity index (χ4n) is 0.936. The molecule has 0 radical (unpaired) electrons. The van der Waals surface area contributed by atoms with Crippen molar-refractivity contribution in [2.45, 2.75) is 6.92 Å². The summed E-state index contributed by atoms with van der Waals surface area (Å²) in [6, 6.07) is 3.93. The zero-order chi connectivity index (χ0) is 9.52. The standard InChI is InChI=1S/C9H14BrN3/c1-2-11-5-6-12-9-4-3-8(10)7-13-9/h3-4,7,11H,2,5-6H2,1H3,(H,12,13). The molecule has 1 aromatic rings. The van der Waals surface area contributed by atoms with Gasteiger partial charge in [0.2, 0.25) is 0 Å². The van der Waals surface area contributed by atoms with Gasteiger partial charge in [-0.25, -0.2) is 4.98 Å². The lowest BCUT2D eigenvalue weighted by atomic mass is 10.4. The third-order valence-electron chi connectivity index (χ3n) is 1.59. The molecule has 1 heterocycles. The third kappa shape index (κ3) is 4.24. The van der Waals surface area contributed by atoms with Gasteiger partial charge < -0.3 is 10.6 Å². The molecule has 0 amide bonds. The summed E-state index contributed by atoms with van der Waals surface area (Å²) in [5.41, 5.74) is 0. The van der Waals surface area contributed by atoms with E-state index >= 15 is 0 Å². The molecule has 1 aromatic heterocycles. The molecule has 0 bridgehead atoms. The number of hydrogen-bond acceptors (Lipinski definition) is 3. The first-order chi connectivity index (χ1) is 6.33. The minimum Gasteiger partial charge on any atom is -0.369 e. The Balaban J connectivity index is 2.25. The van der Waals surface area contributed by atoms with Crippen molar-refractivity contribution in [3.63, 3.8) is 0 Å². The Kier molecular flexibility index (Phi) is 4.78. The van der Waals surface area contributed by atoms with Crippen LogP contribution >= 0.6 is 15.9 Å². The Bertz CT molecular complexity index is 235. The average molecular weight is 244 g/mol. The number of hydrogen-bond donors (Lipinski definition) is 2. The minimum atomic E-state index is 0.905. The minimum absolute atomic E-state index is 0.905. The van der Waals surface area contributed by atoms with Gasteiger partial charge in [0.05, 0.1) is 0 Å². The highest BCUT2D eigenvalue weighted by molar-refractivity contribution is 9.10. The average Bonchev–Trinajstić information content (AvgIpc) is 2.15. The number of nitrogens with one attached hydrogen (secondary N) is 2. The molecule has 3 nitrogen and oxygen atoms in total. The molecular weight excluding hydrogens is 230 g/mol. The predicted molar refractivity (Wildman–Crippen MR) is 59.0 cm³/mol. The molecule has 0 aromatic carbocycles. The van der Waals surface area contributed by atoms with E-state index in [2.05, 4.69) is 38.5 Å². The summed E-state index contributed by atoms with van der Waals surface area (Å²) in [7, 11) is 0. The van der Waals surface area contributed by atoms with Crippen molar-refractivity contribution in [1.29, 1.82) is 0 Å². The first-order valence-electron chi connectivity index (χ1n) is 4.39. The molecule has 0 fully saturated rings. The van der Waals surface area contributed by atoms with Gasteiger partial charge in [0.1, 0.15) is 5.82 Å². The van der Waals surface area contributed by atoms with Crippen LogP contribution in [0.2, 0.25) is 0 Å². The maximum atomic E-state index is 4.19. The van der Waals surface area contributed by atoms with Crippen molar-refractivity contribution < 1.29 is 0 Å². The number of nitrogens with zero attached hydrogens (tertiary/aromatic N) is 1. The molecule has 13 heavy (non-hydrogen) atoms. The van der Waals surface area contributed by atoms with Gasteiger partial charge in [-0.3, -0.25) is 0 Å². The first-order valence-corrected chi connectivity index (χ1v) is 5.18. The third-order valence-corrected chi connectivity index (χ3v) is 2.05. The van der Waals surface area contributed by atoms with Crippen molar-refractivity contribution in [2.24, 2.45) is 0 Å². The van der Waals surface area contributed by atoms with Crippen LogP contribution in [0, 0.1) is 0 Å². The Morgan fingerprint density at radius 2 is 2.23 bits per heavy atom. The summed E-state index contributed by atoms with van der Waals surface area (Å²) in [5, 5.41) is 6.44. The first kappa shape index (κ1) is 10.5. The van der Waals surface area contributed by atoms with Crippen molar-refractivity contribution >= 4 is 21.7 Å². The van der Waals surface area contributed by atoms with Crippen LogP contribution in [0.15, 0.2) is 22.8 Å². The monoisotopic (exact) mass is 243 g/mol. The van der Waals surface area contributed by atoms with Crippen molar-refractivity contribution in [3.05, 3.63) is 22.8 Å². The highest BCUT2D eigenvalue weighted by Gasteiger charge is 1.91. The lowest BCUT2D eigenvalue weighted by Crippen LogP contribution is -2.21. The van der Waals surface area contributed by atoms with Crippen molar-refractivity contribution in [2.75, 3.05) is 25.0 Å². The molecule has 0 aliphatic heterocycles. The van der Waals surface area contributed by atoms with E-state index in [1.54, 1.807) is 6.20 Å². The van der Waals surface area contributed by atoms with Gasteiger partial charge in [-0.15, -0.1) is 0 Å². The molecule has 0 spiro atoms. The van der Waals surface area contributed by atoms with Crippen LogP contribution in [0.1, 0.15) is 6.92 Å². The molecule has 0 saturated carbocycles. The smallest absolute Gasteiger partial charge is 0.126 e. The number of halogens is 1. The summed E-state index contributed by atoms with van der Waals surface area (Å²) in [5.74, 6) is 0.918. The Morgan fingerprint density at radius 3 is 2.85 bits per heavy atom. The van der Waals surface area contributed by atoms with E-state index in [0.717, 1.165) is 29.9 Å². The maximum absolute atomic E-state index is 4.19. The van der Waals surface area contributed by atoms with Crippen LogP contribution in [0.25, 0.3) is 0 Å². The van der Waals surface area contributed by atoms with Gasteiger partial charge in [-0.2, -0.15) is 0 Å².